The molecule has 3 aromatic heterocycles. The van der Waals surface area contributed by atoms with Gasteiger partial charge in [-0.25, -0.2) is 28.7 Å². The van der Waals surface area contributed by atoms with Crippen molar-refractivity contribution in [3.8, 4) is 11.4 Å². The predicted molar refractivity (Wildman–Crippen MR) is 101 cm³/mol. The van der Waals surface area contributed by atoms with E-state index in [2.05, 4.69) is 35.6 Å². The van der Waals surface area contributed by atoms with E-state index in [1.54, 1.807) is 32.3 Å². The van der Waals surface area contributed by atoms with Crippen molar-refractivity contribution < 1.29 is 13.6 Å². The molecule has 0 saturated heterocycles. The van der Waals surface area contributed by atoms with Gasteiger partial charge < -0.3 is 15.6 Å². The Morgan fingerprint density at radius 2 is 2.14 bits per heavy atom. The molecule has 11 heteroatoms. The summed E-state index contributed by atoms with van der Waals surface area (Å²) in [6, 6.07) is 1.59. The van der Waals surface area contributed by atoms with Crippen molar-refractivity contribution in [2.75, 3.05) is 11.9 Å². The van der Waals surface area contributed by atoms with E-state index in [4.69, 9.17) is 11.6 Å². The molecule has 0 radical (unpaired) electrons. The fourth-order valence-electron chi connectivity index (χ4n) is 2.57. The van der Waals surface area contributed by atoms with Crippen LogP contribution >= 0.6 is 11.6 Å². The van der Waals surface area contributed by atoms with Gasteiger partial charge in [0, 0.05) is 12.4 Å². The number of hydrogen-bond acceptors (Lipinski definition) is 6. The van der Waals surface area contributed by atoms with Crippen LogP contribution in [0.1, 0.15) is 20.3 Å². The lowest BCUT2D eigenvalue weighted by atomic mass is 9.97. The van der Waals surface area contributed by atoms with E-state index in [-0.39, 0.29) is 5.28 Å². The van der Waals surface area contributed by atoms with Gasteiger partial charge in [0.15, 0.2) is 5.82 Å². The molecule has 0 aromatic carbocycles. The lowest BCUT2D eigenvalue weighted by Gasteiger charge is -2.28. The Labute approximate surface area is 164 Å². The number of carbonyl (C=O) groups is 1. The highest BCUT2D eigenvalue weighted by Gasteiger charge is 2.32. The van der Waals surface area contributed by atoms with Crippen molar-refractivity contribution in [2.45, 2.75) is 32.2 Å². The summed E-state index contributed by atoms with van der Waals surface area (Å²) in [7, 11) is 0. The van der Waals surface area contributed by atoms with Crippen LogP contribution < -0.4 is 10.6 Å². The van der Waals surface area contributed by atoms with Crippen molar-refractivity contribution in [3.63, 3.8) is 0 Å². The van der Waals surface area contributed by atoms with E-state index >= 15 is 0 Å². The topological polar surface area (TPSA) is 108 Å². The normalized spacial score (nSPS) is 13.5. The summed E-state index contributed by atoms with van der Waals surface area (Å²) in [4.78, 5) is 32.1. The molecule has 1 unspecified atom stereocenters. The zero-order chi connectivity index (χ0) is 20.3. The van der Waals surface area contributed by atoms with E-state index in [1.165, 1.54) is 6.20 Å². The summed E-state index contributed by atoms with van der Waals surface area (Å²) in [5.74, 6) is 0.190. The first-order valence-corrected chi connectivity index (χ1v) is 8.88. The average molecular weight is 410 g/mol. The molecule has 28 heavy (non-hydrogen) atoms. The van der Waals surface area contributed by atoms with Gasteiger partial charge in [0.2, 0.25) is 11.2 Å². The van der Waals surface area contributed by atoms with Crippen LogP contribution in [0.25, 0.3) is 22.4 Å². The summed E-state index contributed by atoms with van der Waals surface area (Å²) in [5, 5.41) is 5.34. The Balaban J connectivity index is 1.88. The highest BCUT2D eigenvalue weighted by atomic mass is 35.5. The van der Waals surface area contributed by atoms with E-state index in [1.807, 2.05) is 0 Å². The molecule has 0 saturated carbocycles. The molecule has 0 bridgehead atoms. The number of aromatic amines is 1. The lowest BCUT2D eigenvalue weighted by molar-refractivity contribution is -0.125. The number of rotatable bonds is 7. The summed E-state index contributed by atoms with van der Waals surface area (Å²) in [5.41, 5.74) is 0.728. The number of aromatic nitrogens is 5. The van der Waals surface area contributed by atoms with E-state index in [9.17, 15) is 13.6 Å². The molecule has 1 amide bonds. The van der Waals surface area contributed by atoms with Gasteiger partial charge in [-0.3, -0.25) is 4.79 Å². The largest absolute Gasteiger partial charge is 0.358 e. The molecule has 1 atom stereocenters. The van der Waals surface area contributed by atoms with Gasteiger partial charge in [0.05, 0.1) is 23.8 Å². The minimum Gasteiger partial charge on any atom is -0.358 e. The van der Waals surface area contributed by atoms with Crippen LogP contribution in [0.15, 0.2) is 24.7 Å². The van der Waals surface area contributed by atoms with E-state index in [0.717, 1.165) is 0 Å². The average Bonchev–Trinajstić information content (AvgIpc) is 3.09. The van der Waals surface area contributed by atoms with Gasteiger partial charge in [-0.1, -0.05) is 6.92 Å². The van der Waals surface area contributed by atoms with Crippen molar-refractivity contribution in [1.29, 1.82) is 0 Å². The second-order valence-electron chi connectivity index (χ2n) is 6.28. The number of alkyl halides is 2. The van der Waals surface area contributed by atoms with Crippen LogP contribution in [0, 0.1) is 0 Å². The fourth-order valence-corrected chi connectivity index (χ4v) is 2.70. The monoisotopic (exact) mass is 409 g/mol. The summed E-state index contributed by atoms with van der Waals surface area (Å²) < 4.78 is 24.8. The van der Waals surface area contributed by atoms with Crippen LogP contribution in [0.2, 0.25) is 5.28 Å². The number of H-pyrrole nitrogens is 1. The highest BCUT2D eigenvalue weighted by molar-refractivity contribution is 6.28. The quantitative estimate of drug-likeness (QED) is 0.517. The zero-order valence-corrected chi connectivity index (χ0v) is 15.9. The molecule has 148 valence electrons. The molecule has 3 rings (SSSR count). The Bertz CT molecular complexity index is 997. The summed E-state index contributed by atoms with van der Waals surface area (Å²) in [6.45, 7) is 2.69. The number of halogens is 3. The second kappa shape index (κ2) is 8.01. The van der Waals surface area contributed by atoms with Gasteiger partial charge >= 0.3 is 0 Å². The van der Waals surface area contributed by atoms with Crippen molar-refractivity contribution >= 4 is 34.4 Å². The first-order chi connectivity index (χ1) is 13.3. The number of hydrogen-bond donors (Lipinski definition) is 3. The minimum atomic E-state index is -2.62. The number of nitrogens with one attached hydrogen (secondary N) is 3. The van der Waals surface area contributed by atoms with Crippen LogP contribution in [0.4, 0.5) is 14.6 Å². The molecule has 0 aliphatic carbocycles. The first-order valence-electron chi connectivity index (χ1n) is 8.50. The van der Waals surface area contributed by atoms with Crippen LogP contribution in [-0.2, 0) is 4.79 Å². The van der Waals surface area contributed by atoms with Gasteiger partial charge in [-0.2, -0.15) is 0 Å². The molecule has 0 aliphatic heterocycles. The predicted octanol–water partition coefficient (Wildman–Crippen LogP) is 3.03. The molecule has 8 nitrogen and oxygen atoms in total. The third kappa shape index (κ3) is 4.16. The molecule has 0 fully saturated rings. The fraction of sp³-hybridized carbons (Fsp3) is 0.353. The SMILES string of the molecule is CCC(C)(Nc1ccnc(-c2c[nH]c3cnc(Cl)nc23)n1)C(=O)NCC(F)F. The summed E-state index contributed by atoms with van der Waals surface area (Å²) >= 11 is 5.87. The molecule has 3 heterocycles. The number of anilines is 1. The number of amides is 1. The van der Waals surface area contributed by atoms with Crippen molar-refractivity contribution in [3.05, 3.63) is 29.9 Å². The van der Waals surface area contributed by atoms with Crippen LogP contribution in [0.3, 0.4) is 0 Å². The standard InChI is InChI=1S/C17H18ClF2N7O/c1-3-17(2,15(28)23-8-11(19)20)27-12-4-5-21-14(25-12)9-6-22-10-7-24-16(18)26-13(9)10/h4-7,11,22H,3,8H2,1-2H3,(H,23,28)(H,21,25,27). The third-order valence-electron chi connectivity index (χ3n) is 4.31. The Hall–Kier alpha value is -2.88. The maximum atomic E-state index is 12.4. The minimum absolute atomic E-state index is 0.0943. The molecule has 3 N–H and O–H groups in total. The Morgan fingerprint density at radius 1 is 1.36 bits per heavy atom. The van der Waals surface area contributed by atoms with Gasteiger partial charge in [0.25, 0.3) is 6.43 Å². The van der Waals surface area contributed by atoms with E-state index < -0.39 is 24.4 Å². The maximum Gasteiger partial charge on any atom is 0.255 e. The van der Waals surface area contributed by atoms with Crippen LogP contribution in [-0.4, -0.2) is 49.3 Å². The summed E-state index contributed by atoms with van der Waals surface area (Å²) in [6.07, 6.45) is 2.50. The van der Waals surface area contributed by atoms with Gasteiger partial charge in [-0.05, 0) is 31.0 Å². The molecule has 0 spiro atoms. The van der Waals surface area contributed by atoms with Crippen molar-refractivity contribution in [1.82, 2.24) is 30.2 Å². The second-order valence-corrected chi connectivity index (χ2v) is 6.62. The Morgan fingerprint density at radius 3 is 2.86 bits per heavy atom. The van der Waals surface area contributed by atoms with E-state index in [0.29, 0.717) is 34.7 Å². The molecule has 3 aromatic rings. The van der Waals surface area contributed by atoms with Crippen LogP contribution in [0.5, 0.6) is 0 Å². The third-order valence-corrected chi connectivity index (χ3v) is 4.49. The molecular formula is C17H18ClF2N7O. The van der Waals surface area contributed by atoms with Gasteiger partial charge in [-0.15, -0.1) is 0 Å². The first kappa shape index (κ1) is 19.9. The highest BCUT2D eigenvalue weighted by Crippen LogP contribution is 2.26. The smallest absolute Gasteiger partial charge is 0.255 e. The number of nitrogens with zero attached hydrogens (tertiary/aromatic N) is 4. The zero-order valence-electron chi connectivity index (χ0n) is 15.1. The number of carbonyl (C=O) groups excluding carboxylic acids is 1. The van der Waals surface area contributed by atoms with Crippen molar-refractivity contribution in [2.24, 2.45) is 0 Å². The molecule has 0 aliphatic rings. The molecular weight excluding hydrogens is 392 g/mol. The maximum absolute atomic E-state index is 12.4. The Kier molecular flexibility index (Phi) is 5.68. The van der Waals surface area contributed by atoms with Gasteiger partial charge in [0.1, 0.15) is 16.9 Å². The number of fused-ring (bicyclic) bond motifs is 1. The lowest BCUT2D eigenvalue weighted by Crippen LogP contribution is -2.51.